The topological polar surface area (TPSA) is 61.4 Å². The minimum Gasteiger partial charge on any atom is -0.463 e. The summed E-state index contributed by atoms with van der Waals surface area (Å²) in [6.45, 7) is 6.66. The summed E-state index contributed by atoms with van der Waals surface area (Å²) in [6, 6.07) is 36.8. The lowest BCUT2D eigenvalue weighted by molar-refractivity contribution is -0.660. The number of aromatic nitrogens is 5. The van der Waals surface area contributed by atoms with Gasteiger partial charge in [-0.2, -0.15) is 4.68 Å². The van der Waals surface area contributed by atoms with Gasteiger partial charge in [0.05, 0.1) is 28.7 Å². The third kappa shape index (κ3) is 4.41. The van der Waals surface area contributed by atoms with E-state index >= 15 is 0 Å². The molecule has 7 heteroatoms. The van der Waals surface area contributed by atoms with E-state index in [0.717, 1.165) is 44.9 Å². The molecule has 214 valence electrons. The van der Waals surface area contributed by atoms with Crippen LogP contribution < -0.4 is 9.42 Å². The highest BCUT2D eigenvalue weighted by atomic mass is 16.5. The number of ether oxygens (including phenoxy) is 1. The molecule has 0 unspecified atom stereocenters. The third-order valence-electron chi connectivity index (χ3n) is 7.94. The molecule has 0 atom stereocenters. The van der Waals surface area contributed by atoms with Gasteiger partial charge >= 0.3 is 5.84 Å². The van der Waals surface area contributed by atoms with Gasteiger partial charge in [-0.25, -0.2) is 4.98 Å². The molecule has 8 rings (SSSR count). The highest BCUT2D eigenvalue weighted by Crippen LogP contribution is 2.36. The largest absolute Gasteiger partial charge is 0.463 e. The number of benzene rings is 4. The van der Waals surface area contributed by atoms with Gasteiger partial charge in [-0.05, 0) is 59.0 Å². The fourth-order valence-electron chi connectivity index (χ4n) is 5.69. The molecule has 44 heavy (non-hydrogen) atoms. The van der Waals surface area contributed by atoms with Crippen molar-refractivity contribution in [2.75, 3.05) is 0 Å². The maximum Gasteiger partial charge on any atom is 0.350 e. The molecule has 0 aliphatic rings. The van der Waals surface area contributed by atoms with E-state index < -0.39 is 0 Å². The maximum absolute atomic E-state index is 6.47. The van der Waals surface area contributed by atoms with E-state index in [9.17, 15) is 0 Å². The summed E-state index contributed by atoms with van der Waals surface area (Å²) in [4.78, 5) is 4.80. The zero-order valence-electron chi connectivity index (χ0n) is 24.6. The summed E-state index contributed by atoms with van der Waals surface area (Å²) in [5.74, 6) is 2.79. The molecule has 7 nitrogen and oxygen atoms in total. The summed E-state index contributed by atoms with van der Waals surface area (Å²) in [6.07, 6.45) is 6.86. The molecule has 0 amide bonds. The van der Waals surface area contributed by atoms with E-state index in [1.165, 1.54) is 10.9 Å². The number of hydrogen-bond acceptors (Lipinski definition) is 4. The number of hydrogen-bond donors (Lipinski definition) is 0. The van der Waals surface area contributed by atoms with Crippen LogP contribution in [0.3, 0.4) is 0 Å². The first-order valence-electron chi connectivity index (χ1n) is 14.6. The second-order valence-corrected chi connectivity index (χ2v) is 11.9. The van der Waals surface area contributed by atoms with Crippen LogP contribution in [0.5, 0.6) is 11.5 Å². The van der Waals surface area contributed by atoms with E-state index in [1.54, 1.807) is 10.9 Å². The van der Waals surface area contributed by atoms with E-state index in [1.807, 2.05) is 71.3 Å². The van der Waals surface area contributed by atoms with Crippen LogP contribution in [0.1, 0.15) is 26.3 Å². The van der Waals surface area contributed by atoms with Crippen LogP contribution in [0.25, 0.3) is 50.4 Å². The van der Waals surface area contributed by atoms with Crippen molar-refractivity contribution in [2.45, 2.75) is 26.2 Å². The number of fused-ring (bicyclic) bond motifs is 4. The van der Waals surface area contributed by atoms with Crippen LogP contribution in [-0.4, -0.2) is 19.1 Å². The zero-order valence-corrected chi connectivity index (χ0v) is 24.6. The van der Waals surface area contributed by atoms with Crippen molar-refractivity contribution in [3.8, 4) is 34.3 Å². The van der Waals surface area contributed by atoms with Crippen molar-refractivity contribution in [3.63, 3.8) is 0 Å². The summed E-state index contributed by atoms with van der Waals surface area (Å²) in [7, 11) is 0. The minimum absolute atomic E-state index is 0.00652. The Bertz CT molecular complexity index is 2300. The molecule has 0 spiro atoms. The van der Waals surface area contributed by atoms with Crippen molar-refractivity contribution >= 4 is 27.6 Å². The molecular formula is C37H29N5O2. The predicted octanol–water partition coefficient (Wildman–Crippen LogP) is 8.25. The molecule has 0 saturated heterocycles. The van der Waals surface area contributed by atoms with Crippen molar-refractivity contribution in [3.05, 3.63) is 134 Å². The van der Waals surface area contributed by atoms with Crippen LogP contribution in [0.2, 0.25) is 0 Å². The Hall–Kier alpha value is -5.69. The lowest BCUT2D eigenvalue weighted by Gasteiger charge is -2.20. The van der Waals surface area contributed by atoms with Crippen LogP contribution >= 0.6 is 0 Å². The molecule has 0 aliphatic carbocycles. The lowest BCUT2D eigenvalue weighted by Crippen LogP contribution is -2.32. The molecule has 8 aromatic rings. The number of para-hydroxylation sites is 2. The van der Waals surface area contributed by atoms with Crippen LogP contribution in [0, 0.1) is 6.33 Å². The molecule has 0 radical (unpaired) electrons. The van der Waals surface area contributed by atoms with Gasteiger partial charge in [-0.15, -0.1) is 0 Å². The van der Waals surface area contributed by atoms with Crippen LogP contribution in [0.4, 0.5) is 0 Å². The second-order valence-electron chi connectivity index (χ2n) is 11.9. The predicted molar refractivity (Wildman–Crippen MR) is 171 cm³/mol. The van der Waals surface area contributed by atoms with Crippen molar-refractivity contribution in [1.82, 2.24) is 19.1 Å². The minimum atomic E-state index is 0.00652. The molecule has 4 heterocycles. The molecule has 0 fully saturated rings. The zero-order chi connectivity index (χ0) is 29.8. The molecule has 0 saturated carbocycles. The summed E-state index contributed by atoms with van der Waals surface area (Å²) < 4.78 is 18.0. The maximum atomic E-state index is 6.47. The van der Waals surface area contributed by atoms with E-state index in [2.05, 4.69) is 85.3 Å². The standard InChI is InChI=1S/C37H29N5O2/c1-37(2,3)26-18-19-38-35(21-26)42-32-15-8-7-14-30(32)31-17-16-29(22-33(31)42)44-28-13-9-10-25(20-28)34-23-43-36-39-41(24-40(34)36)27-11-5-4-6-12-27/h4-23H,1-3H3. The van der Waals surface area contributed by atoms with Gasteiger partial charge in [0, 0.05) is 23.0 Å². The monoisotopic (exact) mass is 575 g/mol. The number of nitrogens with zero attached hydrogens (tertiary/aromatic N) is 5. The second kappa shape index (κ2) is 9.95. The quantitative estimate of drug-likeness (QED) is 0.153. The van der Waals surface area contributed by atoms with Gasteiger partial charge in [0.1, 0.15) is 17.3 Å². The molecule has 4 aromatic heterocycles. The van der Waals surface area contributed by atoms with E-state index in [4.69, 9.17) is 14.1 Å². The highest BCUT2D eigenvalue weighted by molar-refractivity contribution is 6.09. The van der Waals surface area contributed by atoms with Crippen molar-refractivity contribution in [2.24, 2.45) is 0 Å². The first kappa shape index (κ1) is 26.0. The Labute approximate surface area is 254 Å². The summed E-state index contributed by atoms with van der Waals surface area (Å²) >= 11 is 0. The van der Waals surface area contributed by atoms with Gasteiger partial charge < -0.3 is 9.15 Å². The average molecular weight is 576 g/mol. The van der Waals surface area contributed by atoms with Gasteiger partial charge in [0.2, 0.25) is 0 Å². The Kier molecular flexibility index (Phi) is 5.87. The summed E-state index contributed by atoms with van der Waals surface area (Å²) in [5.41, 5.74) is 6.04. The van der Waals surface area contributed by atoms with Gasteiger partial charge in [-0.1, -0.05) is 86.5 Å². The van der Waals surface area contributed by atoms with Gasteiger partial charge in [0.25, 0.3) is 6.33 Å². The lowest BCUT2D eigenvalue weighted by atomic mass is 9.88. The van der Waals surface area contributed by atoms with Crippen LogP contribution in [0.15, 0.2) is 126 Å². The smallest absolute Gasteiger partial charge is 0.350 e. The Morgan fingerprint density at radius 1 is 0.773 bits per heavy atom. The molecular weight excluding hydrogens is 546 g/mol. The Balaban J connectivity index is 1.18. The van der Waals surface area contributed by atoms with Gasteiger partial charge in [-0.3, -0.25) is 8.97 Å². The van der Waals surface area contributed by atoms with Crippen molar-refractivity contribution in [1.29, 1.82) is 0 Å². The van der Waals surface area contributed by atoms with Gasteiger partial charge in [0.15, 0.2) is 0 Å². The molecule has 4 aromatic carbocycles. The molecule has 0 N–H and O–H groups in total. The molecule has 0 aliphatic heterocycles. The summed E-state index contributed by atoms with van der Waals surface area (Å²) in [5, 5.41) is 6.86. The number of rotatable bonds is 5. The Morgan fingerprint density at radius 3 is 2.43 bits per heavy atom. The fraction of sp³-hybridized carbons (Fsp3) is 0.108. The normalized spacial score (nSPS) is 12.0. The Morgan fingerprint density at radius 2 is 1.57 bits per heavy atom. The number of pyridine rings is 1. The average Bonchev–Trinajstić information content (AvgIpc) is 3.73. The van der Waals surface area contributed by atoms with E-state index in [-0.39, 0.29) is 5.41 Å². The third-order valence-corrected chi connectivity index (χ3v) is 7.94. The number of oxazole rings is 1. The first-order valence-corrected chi connectivity index (χ1v) is 14.6. The van der Waals surface area contributed by atoms with Crippen LogP contribution in [-0.2, 0) is 5.41 Å². The van der Waals surface area contributed by atoms with E-state index in [0.29, 0.717) is 11.6 Å². The first-order chi connectivity index (χ1) is 21.4. The SMILES string of the molecule is CC(C)(C)c1ccnc(-n2c3ccccc3c3ccc(Oc4cccc(-c5coc6n[n+](-c7ccccc7)[c-]n56)c4)cc32)c1. The molecule has 0 bridgehead atoms. The fourth-order valence-corrected chi connectivity index (χ4v) is 5.69. The highest BCUT2D eigenvalue weighted by Gasteiger charge is 2.19. The van der Waals surface area contributed by atoms with Crippen molar-refractivity contribution < 1.29 is 13.8 Å².